The molecule has 1 aliphatic rings. The first-order chi connectivity index (χ1) is 29.9. The van der Waals surface area contributed by atoms with Crippen molar-refractivity contribution in [2.75, 3.05) is 26.4 Å². The third-order valence-corrected chi connectivity index (χ3v) is 12.1. The Labute approximate surface area is 375 Å². The summed E-state index contributed by atoms with van der Waals surface area (Å²) in [4.78, 5) is 12.8. The third kappa shape index (κ3) is 34.7. The molecule has 9 heteroatoms. The molecule has 360 valence electrons. The molecule has 0 aromatic carbocycles. The Kier molecular flexibility index (Phi) is 41.5. The van der Waals surface area contributed by atoms with E-state index in [2.05, 4.69) is 38.2 Å². The van der Waals surface area contributed by atoms with Crippen LogP contribution < -0.4 is 0 Å². The number of carbonyl (C=O) groups is 1. The van der Waals surface area contributed by atoms with Crippen molar-refractivity contribution in [1.82, 2.24) is 0 Å². The van der Waals surface area contributed by atoms with E-state index in [0.29, 0.717) is 13.0 Å². The molecule has 61 heavy (non-hydrogen) atoms. The zero-order valence-corrected chi connectivity index (χ0v) is 39.7. The van der Waals surface area contributed by atoms with Gasteiger partial charge in [0, 0.05) is 13.0 Å². The number of hydrogen-bond donors (Lipinski definition) is 4. The summed E-state index contributed by atoms with van der Waals surface area (Å²) in [5, 5.41) is 40.2. The lowest BCUT2D eigenvalue weighted by molar-refractivity contribution is -0.305. The van der Waals surface area contributed by atoms with Crippen LogP contribution in [-0.4, -0.2) is 89.6 Å². The van der Waals surface area contributed by atoms with Crippen molar-refractivity contribution in [3.63, 3.8) is 0 Å². The van der Waals surface area contributed by atoms with E-state index >= 15 is 0 Å². The molecule has 6 unspecified atom stereocenters. The quantitative estimate of drug-likeness (QED) is 0.0268. The molecule has 0 bridgehead atoms. The number of allylic oxidation sites excluding steroid dienone is 4. The zero-order chi connectivity index (χ0) is 44.3. The van der Waals surface area contributed by atoms with Gasteiger partial charge in [-0.25, -0.2) is 0 Å². The highest BCUT2D eigenvalue weighted by molar-refractivity contribution is 5.69. The molecular formula is C52H98O9. The highest BCUT2D eigenvalue weighted by Gasteiger charge is 2.44. The summed E-state index contributed by atoms with van der Waals surface area (Å²) in [6, 6.07) is 0. The summed E-state index contributed by atoms with van der Waals surface area (Å²) < 4.78 is 22.9. The number of esters is 1. The molecule has 9 nitrogen and oxygen atoms in total. The summed E-state index contributed by atoms with van der Waals surface area (Å²) in [5.41, 5.74) is 0. The molecule has 0 aromatic heterocycles. The van der Waals surface area contributed by atoms with Gasteiger partial charge in [0.25, 0.3) is 0 Å². The van der Waals surface area contributed by atoms with E-state index in [-0.39, 0.29) is 19.2 Å². The number of ether oxygens (including phenoxy) is 4. The van der Waals surface area contributed by atoms with Gasteiger partial charge in [0.1, 0.15) is 30.5 Å². The van der Waals surface area contributed by atoms with Gasteiger partial charge in [-0.05, 0) is 64.2 Å². The molecule has 0 aromatic rings. The molecule has 1 rings (SSSR count). The minimum atomic E-state index is -1.54. The van der Waals surface area contributed by atoms with E-state index in [9.17, 15) is 25.2 Å². The van der Waals surface area contributed by atoms with Crippen LogP contribution in [0.5, 0.6) is 0 Å². The highest BCUT2D eigenvalue weighted by Crippen LogP contribution is 2.23. The van der Waals surface area contributed by atoms with Gasteiger partial charge in [-0.3, -0.25) is 4.79 Å². The van der Waals surface area contributed by atoms with Crippen LogP contribution in [0.4, 0.5) is 0 Å². The number of hydrogen-bond acceptors (Lipinski definition) is 9. The molecular weight excluding hydrogens is 769 g/mol. The Bertz CT molecular complexity index is 988. The molecule has 6 atom stereocenters. The maximum absolute atomic E-state index is 12.8. The molecule has 0 aliphatic carbocycles. The van der Waals surface area contributed by atoms with E-state index in [1.165, 1.54) is 173 Å². The minimum Gasteiger partial charge on any atom is -0.457 e. The van der Waals surface area contributed by atoms with Crippen molar-refractivity contribution in [3.05, 3.63) is 24.3 Å². The second kappa shape index (κ2) is 43.9. The number of unbranched alkanes of at least 4 members (excludes halogenated alkanes) is 30. The molecule has 1 fully saturated rings. The van der Waals surface area contributed by atoms with Crippen molar-refractivity contribution >= 4 is 5.97 Å². The first-order valence-corrected chi connectivity index (χ1v) is 25.9. The molecule has 0 amide bonds. The van der Waals surface area contributed by atoms with Gasteiger partial charge < -0.3 is 39.4 Å². The van der Waals surface area contributed by atoms with Gasteiger partial charge in [0.2, 0.25) is 0 Å². The predicted octanol–water partition coefficient (Wildman–Crippen LogP) is 12.5. The van der Waals surface area contributed by atoms with Crippen molar-refractivity contribution < 1.29 is 44.2 Å². The van der Waals surface area contributed by atoms with Crippen molar-refractivity contribution in [1.29, 1.82) is 0 Å². The molecule has 1 saturated heterocycles. The van der Waals surface area contributed by atoms with E-state index in [1.807, 2.05) is 0 Å². The Morgan fingerprint density at radius 3 is 1.36 bits per heavy atom. The summed E-state index contributed by atoms with van der Waals surface area (Å²) in [7, 11) is 0. The van der Waals surface area contributed by atoms with Crippen molar-refractivity contribution in [2.45, 2.75) is 275 Å². The Morgan fingerprint density at radius 1 is 0.508 bits per heavy atom. The zero-order valence-electron chi connectivity index (χ0n) is 39.7. The van der Waals surface area contributed by atoms with Gasteiger partial charge in [-0.2, -0.15) is 0 Å². The average molecular weight is 867 g/mol. The molecule has 4 N–H and O–H groups in total. The van der Waals surface area contributed by atoms with Crippen LogP contribution in [0, 0.1) is 0 Å². The lowest BCUT2D eigenvalue weighted by atomic mass is 9.99. The SMILES string of the molecule is CCCCC/C=C\CCCCCCCC(=O)OC(COCCCCCCCCCCCCCCCC/C=C\CCCCCCCCCC)COC1OC(CO)C(O)C(O)C1O. The number of rotatable bonds is 45. The summed E-state index contributed by atoms with van der Waals surface area (Å²) in [5.74, 6) is -0.320. The number of carbonyl (C=O) groups excluding carboxylic acids is 1. The summed E-state index contributed by atoms with van der Waals surface area (Å²) in [6.45, 7) is 4.55. The molecule has 1 aliphatic heterocycles. The second-order valence-corrected chi connectivity index (χ2v) is 18.0. The number of aliphatic hydroxyl groups excluding tert-OH is 4. The van der Waals surface area contributed by atoms with E-state index in [0.717, 1.165) is 44.9 Å². The molecule has 1 heterocycles. The fourth-order valence-electron chi connectivity index (χ4n) is 8.01. The Balaban J connectivity index is 2.13. The topological polar surface area (TPSA) is 135 Å². The monoisotopic (exact) mass is 867 g/mol. The van der Waals surface area contributed by atoms with Crippen molar-refractivity contribution in [2.24, 2.45) is 0 Å². The van der Waals surface area contributed by atoms with Crippen LogP contribution >= 0.6 is 0 Å². The fraction of sp³-hybridized carbons (Fsp3) is 0.904. The summed E-state index contributed by atoms with van der Waals surface area (Å²) >= 11 is 0. The van der Waals surface area contributed by atoms with Crippen LogP contribution in [0.2, 0.25) is 0 Å². The maximum atomic E-state index is 12.8. The normalized spacial score (nSPS) is 20.0. The van der Waals surface area contributed by atoms with Gasteiger partial charge >= 0.3 is 5.97 Å². The van der Waals surface area contributed by atoms with E-state index in [4.69, 9.17) is 18.9 Å². The number of aliphatic hydroxyl groups is 4. The van der Waals surface area contributed by atoms with Crippen LogP contribution in [0.3, 0.4) is 0 Å². The second-order valence-electron chi connectivity index (χ2n) is 18.0. The average Bonchev–Trinajstić information content (AvgIpc) is 3.26. The lowest BCUT2D eigenvalue weighted by Crippen LogP contribution is -2.59. The first-order valence-electron chi connectivity index (χ1n) is 25.9. The van der Waals surface area contributed by atoms with Gasteiger partial charge in [0.15, 0.2) is 6.29 Å². The largest absolute Gasteiger partial charge is 0.457 e. The standard InChI is InChI=1S/C52H98O9/c1-3-5-7-9-11-13-15-17-18-19-20-21-22-23-24-25-26-27-28-29-30-32-34-36-38-40-42-58-44-46(45-59-52-51(57)50(56)49(55)47(43-53)61-52)60-48(54)41-39-37-35-33-31-16-14-12-10-8-6-4-2/h12,14,19-20,46-47,49-53,55-57H,3-11,13,15-18,21-45H2,1-2H3/b14-12-,20-19-. The Hall–Kier alpha value is -1.33. The fourth-order valence-corrected chi connectivity index (χ4v) is 8.01. The van der Waals surface area contributed by atoms with Gasteiger partial charge in [-0.15, -0.1) is 0 Å². The van der Waals surface area contributed by atoms with E-state index < -0.39 is 43.4 Å². The predicted molar refractivity (Wildman–Crippen MR) is 252 cm³/mol. The van der Waals surface area contributed by atoms with Crippen LogP contribution in [0.15, 0.2) is 24.3 Å². The highest BCUT2D eigenvalue weighted by atomic mass is 16.7. The molecule has 0 radical (unpaired) electrons. The van der Waals surface area contributed by atoms with E-state index in [1.54, 1.807) is 0 Å². The van der Waals surface area contributed by atoms with Gasteiger partial charge in [0.05, 0.1) is 19.8 Å². The summed E-state index contributed by atoms with van der Waals surface area (Å²) in [6.07, 6.45) is 45.1. The first kappa shape index (κ1) is 57.7. The van der Waals surface area contributed by atoms with Gasteiger partial charge in [-0.1, -0.05) is 192 Å². The van der Waals surface area contributed by atoms with Crippen LogP contribution in [0.1, 0.15) is 239 Å². The molecule has 0 saturated carbocycles. The van der Waals surface area contributed by atoms with Crippen molar-refractivity contribution in [3.8, 4) is 0 Å². The molecule has 0 spiro atoms. The lowest BCUT2D eigenvalue weighted by Gasteiger charge is -2.39. The maximum Gasteiger partial charge on any atom is 0.306 e. The smallest absolute Gasteiger partial charge is 0.306 e. The Morgan fingerprint density at radius 2 is 0.902 bits per heavy atom. The minimum absolute atomic E-state index is 0.113. The third-order valence-electron chi connectivity index (χ3n) is 12.1. The van der Waals surface area contributed by atoms with Crippen LogP contribution in [0.25, 0.3) is 0 Å². The van der Waals surface area contributed by atoms with Crippen LogP contribution in [-0.2, 0) is 23.7 Å².